The molecule has 3 rings (SSSR count). The van der Waals surface area contributed by atoms with Crippen LogP contribution in [-0.2, 0) is 13.2 Å². The van der Waals surface area contributed by atoms with Gasteiger partial charge in [0.25, 0.3) is 0 Å². The highest BCUT2D eigenvalue weighted by molar-refractivity contribution is 5.33. The van der Waals surface area contributed by atoms with Crippen LogP contribution in [0, 0.1) is 0 Å². The Hall–Kier alpha value is -1.91. The number of aromatic nitrogens is 1. The van der Waals surface area contributed by atoms with Gasteiger partial charge in [0.2, 0.25) is 0 Å². The molecule has 0 radical (unpaired) electrons. The molecule has 4 nitrogen and oxygen atoms in total. The number of hydrogen-bond acceptors (Lipinski definition) is 4. The lowest BCUT2D eigenvalue weighted by Gasteiger charge is -2.20. The Kier molecular flexibility index (Phi) is 5.61. The van der Waals surface area contributed by atoms with Crippen molar-refractivity contribution >= 4 is 0 Å². The normalized spacial score (nSPS) is 18.2. The Morgan fingerprint density at radius 2 is 2.17 bits per heavy atom. The van der Waals surface area contributed by atoms with Crippen molar-refractivity contribution in [2.75, 3.05) is 20.1 Å². The smallest absolute Gasteiger partial charge is 0.124 e. The Morgan fingerprint density at radius 1 is 1.26 bits per heavy atom. The van der Waals surface area contributed by atoms with E-state index in [1.54, 1.807) is 6.20 Å². The zero-order valence-electron chi connectivity index (χ0n) is 13.7. The molecule has 0 unspecified atom stereocenters. The summed E-state index contributed by atoms with van der Waals surface area (Å²) in [6.45, 7) is 3.65. The molecule has 0 aliphatic carbocycles. The minimum Gasteiger partial charge on any atom is -0.489 e. The highest BCUT2D eigenvalue weighted by Crippen LogP contribution is 2.19. The number of benzene rings is 1. The monoisotopic (exact) mass is 311 g/mol. The summed E-state index contributed by atoms with van der Waals surface area (Å²) in [5.74, 6) is 0.948. The van der Waals surface area contributed by atoms with E-state index < -0.39 is 0 Å². The first kappa shape index (κ1) is 16.0. The van der Waals surface area contributed by atoms with Gasteiger partial charge in [-0.05, 0) is 38.6 Å². The summed E-state index contributed by atoms with van der Waals surface area (Å²) in [4.78, 5) is 6.57. The third kappa shape index (κ3) is 4.53. The predicted octanol–water partition coefficient (Wildman–Crippen LogP) is 2.84. The molecule has 2 heterocycles. The van der Waals surface area contributed by atoms with Gasteiger partial charge in [-0.3, -0.25) is 4.98 Å². The molecule has 2 aromatic rings. The third-order valence-corrected chi connectivity index (χ3v) is 4.46. The molecular weight excluding hydrogens is 286 g/mol. The third-order valence-electron chi connectivity index (χ3n) is 4.46. The molecule has 1 atom stereocenters. The van der Waals surface area contributed by atoms with Crippen LogP contribution in [0.4, 0.5) is 0 Å². The van der Waals surface area contributed by atoms with Crippen LogP contribution in [0.3, 0.4) is 0 Å². The maximum absolute atomic E-state index is 5.98. The van der Waals surface area contributed by atoms with Crippen molar-refractivity contribution in [3.63, 3.8) is 0 Å². The van der Waals surface area contributed by atoms with E-state index in [0.29, 0.717) is 12.6 Å². The molecule has 1 aliphatic rings. The Labute approximate surface area is 138 Å². The first-order valence-electron chi connectivity index (χ1n) is 8.33. The first-order chi connectivity index (χ1) is 11.3. The second kappa shape index (κ2) is 8.09. The summed E-state index contributed by atoms with van der Waals surface area (Å²) in [7, 11) is 2.21. The van der Waals surface area contributed by atoms with Crippen LogP contribution in [0.5, 0.6) is 5.75 Å². The SMILES string of the molecule is CN1CCC[C@@H]1CNCc1ccccc1OCc1cccnc1. The van der Waals surface area contributed by atoms with E-state index in [0.717, 1.165) is 24.4 Å². The van der Waals surface area contributed by atoms with E-state index in [4.69, 9.17) is 4.74 Å². The van der Waals surface area contributed by atoms with Gasteiger partial charge in [0.1, 0.15) is 12.4 Å². The van der Waals surface area contributed by atoms with Gasteiger partial charge in [-0.1, -0.05) is 24.3 Å². The minimum atomic E-state index is 0.552. The van der Waals surface area contributed by atoms with E-state index in [9.17, 15) is 0 Å². The number of likely N-dealkylation sites (tertiary alicyclic amines) is 1. The maximum Gasteiger partial charge on any atom is 0.124 e. The van der Waals surface area contributed by atoms with Gasteiger partial charge in [0.15, 0.2) is 0 Å². The van der Waals surface area contributed by atoms with Crippen LogP contribution < -0.4 is 10.1 Å². The molecule has 1 N–H and O–H groups in total. The van der Waals surface area contributed by atoms with Gasteiger partial charge >= 0.3 is 0 Å². The van der Waals surface area contributed by atoms with Crippen molar-refractivity contribution in [3.05, 3.63) is 59.9 Å². The molecule has 1 aliphatic heterocycles. The van der Waals surface area contributed by atoms with Crippen molar-refractivity contribution < 1.29 is 4.74 Å². The highest BCUT2D eigenvalue weighted by Gasteiger charge is 2.20. The topological polar surface area (TPSA) is 37.4 Å². The molecule has 0 saturated carbocycles. The average Bonchev–Trinajstić information content (AvgIpc) is 3.00. The zero-order valence-corrected chi connectivity index (χ0v) is 13.7. The van der Waals surface area contributed by atoms with Crippen LogP contribution in [0.1, 0.15) is 24.0 Å². The van der Waals surface area contributed by atoms with Crippen molar-refractivity contribution in [2.45, 2.75) is 32.0 Å². The second-order valence-corrected chi connectivity index (χ2v) is 6.17. The largest absolute Gasteiger partial charge is 0.489 e. The van der Waals surface area contributed by atoms with Crippen molar-refractivity contribution in [2.24, 2.45) is 0 Å². The van der Waals surface area contributed by atoms with E-state index in [2.05, 4.69) is 34.4 Å². The molecule has 122 valence electrons. The van der Waals surface area contributed by atoms with E-state index in [1.807, 2.05) is 30.5 Å². The summed E-state index contributed by atoms with van der Waals surface area (Å²) < 4.78 is 5.98. The molecule has 4 heteroatoms. The number of nitrogens with zero attached hydrogens (tertiary/aromatic N) is 2. The molecule has 0 spiro atoms. The molecule has 1 aromatic carbocycles. The van der Waals surface area contributed by atoms with Crippen LogP contribution in [0.2, 0.25) is 0 Å². The van der Waals surface area contributed by atoms with Gasteiger partial charge in [-0.25, -0.2) is 0 Å². The lowest BCUT2D eigenvalue weighted by Crippen LogP contribution is -2.35. The van der Waals surface area contributed by atoms with Crippen LogP contribution >= 0.6 is 0 Å². The summed E-state index contributed by atoms with van der Waals surface area (Å²) in [5, 5.41) is 3.58. The standard InChI is InChI=1S/C19H25N3O/c1-22-11-5-8-18(22)14-21-13-17-7-2-3-9-19(17)23-15-16-6-4-10-20-12-16/h2-4,6-7,9-10,12,18,21H,5,8,11,13-15H2,1H3/t18-/m1/s1. The quantitative estimate of drug-likeness (QED) is 0.853. The Bertz CT molecular complexity index is 603. The molecule has 1 aromatic heterocycles. The van der Waals surface area contributed by atoms with Gasteiger partial charge in [-0.2, -0.15) is 0 Å². The number of pyridine rings is 1. The number of para-hydroxylation sites is 1. The minimum absolute atomic E-state index is 0.552. The molecule has 0 amide bonds. The van der Waals surface area contributed by atoms with Gasteiger partial charge < -0.3 is 15.0 Å². The van der Waals surface area contributed by atoms with Crippen molar-refractivity contribution in [1.82, 2.24) is 15.2 Å². The lowest BCUT2D eigenvalue weighted by molar-refractivity contribution is 0.293. The van der Waals surface area contributed by atoms with Gasteiger partial charge in [0, 0.05) is 42.7 Å². The summed E-state index contributed by atoms with van der Waals surface area (Å²) in [6.07, 6.45) is 6.23. The summed E-state index contributed by atoms with van der Waals surface area (Å²) in [6, 6.07) is 12.9. The highest BCUT2D eigenvalue weighted by atomic mass is 16.5. The fourth-order valence-corrected chi connectivity index (χ4v) is 3.05. The number of likely N-dealkylation sites (N-methyl/N-ethyl adjacent to an activating group) is 1. The number of ether oxygens (including phenoxy) is 1. The Morgan fingerprint density at radius 3 is 2.96 bits per heavy atom. The van der Waals surface area contributed by atoms with E-state index in [1.165, 1.54) is 24.9 Å². The Balaban J connectivity index is 1.53. The molecular formula is C19H25N3O. The van der Waals surface area contributed by atoms with Gasteiger partial charge in [-0.15, -0.1) is 0 Å². The fraction of sp³-hybridized carbons (Fsp3) is 0.421. The van der Waals surface area contributed by atoms with Crippen LogP contribution in [0.15, 0.2) is 48.8 Å². The lowest BCUT2D eigenvalue weighted by atomic mass is 10.2. The molecule has 23 heavy (non-hydrogen) atoms. The molecule has 0 bridgehead atoms. The van der Waals surface area contributed by atoms with Crippen LogP contribution in [-0.4, -0.2) is 36.1 Å². The molecule has 1 saturated heterocycles. The molecule has 1 fully saturated rings. The van der Waals surface area contributed by atoms with E-state index in [-0.39, 0.29) is 0 Å². The summed E-state index contributed by atoms with van der Waals surface area (Å²) >= 11 is 0. The number of hydrogen-bond donors (Lipinski definition) is 1. The first-order valence-corrected chi connectivity index (χ1v) is 8.33. The maximum atomic E-state index is 5.98. The fourth-order valence-electron chi connectivity index (χ4n) is 3.05. The van der Waals surface area contributed by atoms with Crippen molar-refractivity contribution in [3.8, 4) is 5.75 Å². The second-order valence-electron chi connectivity index (χ2n) is 6.17. The number of nitrogens with one attached hydrogen (secondary N) is 1. The summed E-state index contributed by atoms with van der Waals surface area (Å²) in [5.41, 5.74) is 2.29. The average molecular weight is 311 g/mol. The zero-order chi connectivity index (χ0) is 15.9. The van der Waals surface area contributed by atoms with Gasteiger partial charge in [0.05, 0.1) is 0 Å². The predicted molar refractivity (Wildman–Crippen MR) is 92.4 cm³/mol. The van der Waals surface area contributed by atoms with Crippen LogP contribution in [0.25, 0.3) is 0 Å². The van der Waals surface area contributed by atoms with Crippen molar-refractivity contribution in [1.29, 1.82) is 0 Å². The number of rotatable bonds is 7. The van der Waals surface area contributed by atoms with E-state index >= 15 is 0 Å².